The van der Waals surface area contributed by atoms with Gasteiger partial charge in [-0.2, -0.15) is 0 Å². The van der Waals surface area contributed by atoms with Gasteiger partial charge in [0, 0.05) is 10.0 Å². The number of imide groups is 1. The second-order valence-electron chi connectivity index (χ2n) is 6.50. The van der Waals surface area contributed by atoms with Gasteiger partial charge in [0.1, 0.15) is 0 Å². The SMILES string of the molecule is COc1cc(Br)cc(/C=C2\SC(=O)N(Cc3ccc4ccccc4c3)C2=O)c1O. The van der Waals surface area contributed by atoms with E-state index in [0.29, 0.717) is 10.0 Å². The second kappa shape index (κ2) is 7.93. The molecule has 3 aromatic rings. The maximum absolute atomic E-state index is 12.8. The highest BCUT2D eigenvalue weighted by Gasteiger charge is 2.35. The number of hydrogen-bond donors (Lipinski definition) is 1. The molecule has 7 heteroatoms. The number of rotatable bonds is 4. The summed E-state index contributed by atoms with van der Waals surface area (Å²) in [4.78, 5) is 26.8. The van der Waals surface area contributed by atoms with Gasteiger partial charge in [0.15, 0.2) is 11.5 Å². The fourth-order valence-electron chi connectivity index (χ4n) is 3.16. The average molecular weight is 470 g/mol. The molecule has 1 heterocycles. The molecule has 0 aliphatic carbocycles. The van der Waals surface area contributed by atoms with E-state index in [1.54, 1.807) is 12.1 Å². The third-order valence-electron chi connectivity index (χ3n) is 4.60. The maximum Gasteiger partial charge on any atom is 0.293 e. The monoisotopic (exact) mass is 469 g/mol. The Hall–Kier alpha value is -2.77. The number of thioether (sulfide) groups is 1. The summed E-state index contributed by atoms with van der Waals surface area (Å²) in [5.41, 5.74) is 1.27. The molecule has 1 aliphatic heterocycles. The molecule has 0 unspecified atom stereocenters. The molecule has 0 atom stereocenters. The third kappa shape index (κ3) is 3.88. The van der Waals surface area contributed by atoms with Crippen LogP contribution in [0.3, 0.4) is 0 Å². The molecule has 2 amide bonds. The van der Waals surface area contributed by atoms with Crippen molar-refractivity contribution in [3.63, 3.8) is 0 Å². The summed E-state index contributed by atoms with van der Waals surface area (Å²) >= 11 is 4.21. The fourth-order valence-corrected chi connectivity index (χ4v) is 4.44. The first-order valence-corrected chi connectivity index (χ1v) is 10.4. The van der Waals surface area contributed by atoms with Crippen LogP contribution in [-0.2, 0) is 11.3 Å². The Labute approximate surface area is 180 Å². The molecule has 0 aromatic heterocycles. The summed E-state index contributed by atoms with van der Waals surface area (Å²) in [6.07, 6.45) is 1.51. The summed E-state index contributed by atoms with van der Waals surface area (Å²) in [6.45, 7) is 0.195. The predicted octanol–water partition coefficient (Wildman–Crippen LogP) is 5.55. The lowest BCUT2D eigenvalue weighted by Crippen LogP contribution is -2.27. The van der Waals surface area contributed by atoms with Crippen LogP contribution in [0.25, 0.3) is 16.8 Å². The van der Waals surface area contributed by atoms with Crippen molar-refractivity contribution in [3.8, 4) is 11.5 Å². The minimum absolute atomic E-state index is 0.0861. The molecule has 0 radical (unpaired) electrons. The number of benzene rings is 3. The van der Waals surface area contributed by atoms with Crippen molar-refractivity contribution >= 4 is 55.7 Å². The van der Waals surface area contributed by atoms with Crippen molar-refractivity contribution in [1.29, 1.82) is 0 Å². The zero-order valence-corrected chi connectivity index (χ0v) is 17.8. The largest absolute Gasteiger partial charge is 0.504 e. The van der Waals surface area contributed by atoms with E-state index in [0.717, 1.165) is 28.1 Å². The van der Waals surface area contributed by atoms with Crippen LogP contribution in [0.4, 0.5) is 4.79 Å². The Kier molecular flexibility index (Phi) is 5.34. The molecular formula is C22H16BrNO4S. The number of methoxy groups -OCH3 is 1. The van der Waals surface area contributed by atoms with Gasteiger partial charge in [0.05, 0.1) is 18.6 Å². The van der Waals surface area contributed by atoms with Gasteiger partial charge in [0.2, 0.25) is 0 Å². The molecule has 1 N–H and O–H groups in total. The highest BCUT2D eigenvalue weighted by atomic mass is 79.9. The van der Waals surface area contributed by atoms with Crippen molar-refractivity contribution in [2.24, 2.45) is 0 Å². The summed E-state index contributed by atoms with van der Waals surface area (Å²) in [5, 5.41) is 12.1. The maximum atomic E-state index is 12.8. The lowest BCUT2D eigenvalue weighted by molar-refractivity contribution is -0.123. The lowest BCUT2D eigenvalue weighted by Gasteiger charge is -2.13. The minimum atomic E-state index is -0.383. The third-order valence-corrected chi connectivity index (χ3v) is 5.97. The Morgan fingerprint density at radius 1 is 1.10 bits per heavy atom. The molecule has 0 saturated carbocycles. The Bertz CT molecular complexity index is 1170. The summed E-state index contributed by atoms with van der Waals surface area (Å²) in [5.74, 6) is -0.190. The van der Waals surface area contributed by atoms with E-state index in [4.69, 9.17) is 4.74 Å². The molecule has 0 spiro atoms. The first-order chi connectivity index (χ1) is 14.0. The number of nitrogens with zero attached hydrogens (tertiary/aromatic N) is 1. The first kappa shape index (κ1) is 19.5. The van der Waals surface area contributed by atoms with Crippen LogP contribution >= 0.6 is 27.7 Å². The van der Waals surface area contributed by atoms with Gasteiger partial charge in [-0.1, -0.05) is 52.3 Å². The van der Waals surface area contributed by atoms with Gasteiger partial charge in [0.25, 0.3) is 11.1 Å². The molecule has 0 bridgehead atoms. The number of amides is 2. The quantitative estimate of drug-likeness (QED) is 0.507. The van der Waals surface area contributed by atoms with Gasteiger partial charge >= 0.3 is 0 Å². The summed E-state index contributed by atoms with van der Waals surface area (Å²) < 4.78 is 5.82. The van der Waals surface area contributed by atoms with Crippen molar-refractivity contribution in [2.45, 2.75) is 6.54 Å². The number of carbonyl (C=O) groups is 2. The Balaban J connectivity index is 1.62. The standard InChI is InChI=1S/C22H16BrNO4S/c1-28-18-11-17(23)9-16(20(18)25)10-19-21(26)24(22(27)29-19)12-13-6-7-14-4-2-3-5-15(14)8-13/h2-11,25H,12H2,1H3/b19-10-. The van der Waals surface area contributed by atoms with Crippen LogP contribution in [-0.4, -0.2) is 28.3 Å². The van der Waals surface area contributed by atoms with E-state index in [1.165, 1.54) is 18.1 Å². The number of phenols is 1. The zero-order chi connectivity index (χ0) is 20.5. The first-order valence-electron chi connectivity index (χ1n) is 8.76. The number of fused-ring (bicyclic) bond motifs is 1. The van der Waals surface area contributed by atoms with Crippen LogP contribution in [0, 0.1) is 0 Å². The van der Waals surface area contributed by atoms with E-state index in [2.05, 4.69) is 15.9 Å². The topological polar surface area (TPSA) is 66.8 Å². The van der Waals surface area contributed by atoms with E-state index in [-0.39, 0.29) is 34.1 Å². The van der Waals surface area contributed by atoms with Gasteiger partial charge in [-0.25, -0.2) is 0 Å². The number of hydrogen-bond acceptors (Lipinski definition) is 5. The Morgan fingerprint density at radius 3 is 2.62 bits per heavy atom. The van der Waals surface area contributed by atoms with Crippen molar-refractivity contribution < 1.29 is 19.4 Å². The van der Waals surface area contributed by atoms with Gasteiger partial charge in [-0.3, -0.25) is 14.5 Å². The number of phenolic OH excluding ortho intramolecular Hbond substituents is 1. The van der Waals surface area contributed by atoms with Crippen LogP contribution in [0.2, 0.25) is 0 Å². The van der Waals surface area contributed by atoms with Gasteiger partial charge in [-0.15, -0.1) is 0 Å². The second-order valence-corrected chi connectivity index (χ2v) is 8.40. The fraction of sp³-hybridized carbons (Fsp3) is 0.0909. The molecule has 29 heavy (non-hydrogen) atoms. The normalized spacial score (nSPS) is 15.5. The molecule has 1 aliphatic rings. The Morgan fingerprint density at radius 2 is 1.86 bits per heavy atom. The number of aromatic hydroxyl groups is 1. The predicted molar refractivity (Wildman–Crippen MR) is 118 cm³/mol. The average Bonchev–Trinajstić information content (AvgIpc) is 2.97. The minimum Gasteiger partial charge on any atom is -0.504 e. The van der Waals surface area contributed by atoms with Crippen molar-refractivity contribution in [1.82, 2.24) is 4.90 Å². The van der Waals surface area contributed by atoms with E-state index in [9.17, 15) is 14.7 Å². The summed E-state index contributed by atoms with van der Waals surface area (Å²) in [6, 6.07) is 17.1. The number of ether oxygens (including phenoxy) is 1. The highest BCUT2D eigenvalue weighted by molar-refractivity contribution is 9.10. The summed E-state index contributed by atoms with van der Waals surface area (Å²) in [7, 11) is 1.45. The molecule has 3 aromatic carbocycles. The van der Waals surface area contributed by atoms with Crippen molar-refractivity contribution in [2.75, 3.05) is 7.11 Å². The molecule has 146 valence electrons. The smallest absolute Gasteiger partial charge is 0.293 e. The lowest BCUT2D eigenvalue weighted by atomic mass is 10.1. The molecule has 4 rings (SSSR count). The molecule has 1 fully saturated rings. The van der Waals surface area contributed by atoms with E-state index >= 15 is 0 Å². The van der Waals surface area contributed by atoms with Gasteiger partial charge in [-0.05, 0) is 52.4 Å². The number of carbonyl (C=O) groups excluding carboxylic acids is 2. The van der Waals surface area contributed by atoms with E-state index < -0.39 is 0 Å². The molecular weight excluding hydrogens is 454 g/mol. The van der Waals surface area contributed by atoms with Crippen LogP contribution in [0.5, 0.6) is 11.5 Å². The van der Waals surface area contributed by atoms with Gasteiger partial charge < -0.3 is 9.84 Å². The van der Waals surface area contributed by atoms with E-state index in [1.807, 2.05) is 42.5 Å². The van der Waals surface area contributed by atoms with Crippen LogP contribution in [0.1, 0.15) is 11.1 Å². The highest BCUT2D eigenvalue weighted by Crippen LogP contribution is 2.39. The zero-order valence-electron chi connectivity index (χ0n) is 15.4. The van der Waals surface area contributed by atoms with Crippen LogP contribution in [0.15, 0.2) is 64.0 Å². The molecule has 5 nitrogen and oxygen atoms in total. The van der Waals surface area contributed by atoms with Crippen LogP contribution < -0.4 is 4.74 Å². The number of halogens is 1. The molecule has 1 saturated heterocycles. The van der Waals surface area contributed by atoms with Crippen molar-refractivity contribution in [3.05, 3.63) is 75.1 Å².